The van der Waals surface area contributed by atoms with E-state index in [4.69, 9.17) is 14.2 Å². The minimum Gasteiger partial charge on any atom is -0.507 e. The third-order valence-corrected chi connectivity index (χ3v) is 7.36. The highest BCUT2D eigenvalue weighted by molar-refractivity contribution is 6.46. The fourth-order valence-corrected chi connectivity index (χ4v) is 5.27. The van der Waals surface area contributed by atoms with Crippen LogP contribution in [-0.4, -0.2) is 41.5 Å². The quantitative estimate of drug-likeness (QED) is 0.201. The van der Waals surface area contributed by atoms with Gasteiger partial charge in [0.2, 0.25) is 0 Å². The Morgan fingerprint density at radius 1 is 1.05 bits per heavy atom. The van der Waals surface area contributed by atoms with Gasteiger partial charge in [-0.3, -0.25) is 9.59 Å². The first-order chi connectivity index (χ1) is 19.3. The van der Waals surface area contributed by atoms with E-state index in [0.717, 1.165) is 23.3 Å². The van der Waals surface area contributed by atoms with Crippen molar-refractivity contribution in [2.24, 2.45) is 5.92 Å². The summed E-state index contributed by atoms with van der Waals surface area (Å²) in [5, 5.41) is 11.6. The van der Waals surface area contributed by atoms with Gasteiger partial charge in [0.1, 0.15) is 17.6 Å². The molecule has 1 amide bonds. The molecule has 1 fully saturated rings. The Morgan fingerprint density at radius 2 is 1.82 bits per heavy atom. The number of likely N-dealkylation sites (tertiary alicyclic amines) is 1. The first kappa shape index (κ1) is 27.3. The zero-order valence-electron chi connectivity index (χ0n) is 23.3. The van der Waals surface area contributed by atoms with Crippen molar-refractivity contribution >= 4 is 17.4 Å². The van der Waals surface area contributed by atoms with E-state index in [1.165, 1.54) is 4.90 Å². The van der Waals surface area contributed by atoms with Crippen LogP contribution in [0.5, 0.6) is 17.2 Å². The lowest BCUT2D eigenvalue weighted by Crippen LogP contribution is -2.29. The molecule has 7 nitrogen and oxygen atoms in total. The predicted octanol–water partition coefficient (Wildman–Crippen LogP) is 6.07. The zero-order valence-corrected chi connectivity index (χ0v) is 23.3. The number of nitrogens with zero attached hydrogens (tertiary/aromatic N) is 1. The van der Waals surface area contributed by atoms with Crippen LogP contribution in [0.4, 0.5) is 0 Å². The van der Waals surface area contributed by atoms with Gasteiger partial charge in [0.05, 0.1) is 25.3 Å². The van der Waals surface area contributed by atoms with Crippen LogP contribution in [0.25, 0.3) is 5.76 Å². The molecule has 2 aliphatic rings. The number of hydrogen-bond acceptors (Lipinski definition) is 6. The number of benzene rings is 3. The fraction of sp³-hybridized carbons (Fsp3) is 0.333. The molecule has 0 radical (unpaired) electrons. The summed E-state index contributed by atoms with van der Waals surface area (Å²) < 4.78 is 17.4. The van der Waals surface area contributed by atoms with Crippen LogP contribution in [0.15, 0.2) is 72.3 Å². The summed E-state index contributed by atoms with van der Waals surface area (Å²) in [4.78, 5) is 28.5. The van der Waals surface area contributed by atoms with Gasteiger partial charge in [0.15, 0.2) is 11.5 Å². The molecule has 2 atom stereocenters. The first-order valence-electron chi connectivity index (χ1n) is 13.7. The summed E-state index contributed by atoms with van der Waals surface area (Å²) in [5.74, 6) is 0.747. The van der Waals surface area contributed by atoms with Crippen molar-refractivity contribution < 1.29 is 28.9 Å². The Morgan fingerprint density at radius 3 is 2.55 bits per heavy atom. The lowest BCUT2D eigenvalue weighted by molar-refractivity contribution is -0.140. The fourth-order valence-electron chi connectivity index (χ4n) is 5.27. The monoisotopic (exact) mass is 541 g/mol. The standard InChI is InChI=1S/C33H35NO6/c1-20(2)14-15-39-27-13-10-23(18-28(27)38-4)30-29(31(35)24-11-12-26-25(17-24)16-21(3)40-26)32(36)33(37)34(30)19-22-8-6-5-7-9-22/h5-13,17-18,20-21,30,35H,14-16,19H2,1-4H3/t21-,30+/m0/s1. The lowest BCUT2D eigenvalue weighted by Gasteiger charge is -2.26. The van der Waals surface area contributed by atoms with Gasteiger partial charge in [-0.25, -0.2) is 0 Å². The van der Waals surface area contributed by atoms with E-state index < -0.39 is 17.7 Å². The van der Waals surface area contributed by atoms with Crippen molar-refractivity contribution in [1.29, 1.82) is 0 Å². The molecule has 0 aliphatic carbocycles. The number of hydrogen-bond donors (Lipinski definition) is 1. The molecule has 0 spiro atoms. The number of carbonyl (C=O) groups excluding carboxylic acids is 2. The second-order valence-electron chi connectivity index (χ2n) is 10.8. The van der Waals surface area contributed by atoms with Crippen molar-refractivity contribution in [2.75, 3.05) is 13.7 Å². The average molecular weight is 542 g/mol. The van der Waals surface area contributed by atoms with Crippen LogP contribution >= 0.6 is 0 Å². The van der Waals surface area contributed by atoms with Gasteiger partial charge in [-0.2, -0.15) is 0 Å². The number of aliphatic hydroxyl groups excluding tert-OH is 1. The van der Waals surface area contributed by atoms with E-state index in [0.29, 0.717) is 41.6 Å². The van der Waals surface area contributed by atoms with E-state index in [1.54, 1.807) is 31.4 Å². The molecule has 0 bridgehead atoms. The number of ether oxygens (including phenoxy) is 3. The number of fused-ring (bicyclic) bond motifs is 1. The predicted molar refractivity (Wildman–Crippen MR) is 152 cm³/mol. The van der Waals surface area contributed by atoms with E-state index in [9.17, 15) is 14.7 Å². The molecule has 0 saturated carbocycles. The van der Waals surface area contributed by atoms with Gasteiger partial charge < -0.3 is 24.2 Å². The smallest absolute Gasteiger partial charge is 0.295 e. The SMILES string of the molecule is COc1cc([C@@H]2C(=C(O)c3ccc4c(c3)C[C@H](C)O4)C(=O)C(=O)N2Cc2ccccc2)ccc1OCCC(C)C. The molecule has 3 aromatic carbocycles. The van der Waals surface area contributed by atoms with Crippen molar-refractivity contribution in [3.8, 4) is 17.2 Å². The second-order valence-corrected chi connectivity index (χ2v) is 10.8. The highest BCUT2D eigenvalue weighted by Gasteiger charge is 2.46. The first-order valence-corrected chi connectivity index (χ1v) is 13.7. The lowest BCUT2D eigenvalue weighted by atomic mass is 9.94. The third kappa shape index (κ3) is 5.41. The molecular formula is C33H35NO6. The number of carbonyl (C=O) groups is 2. The van der Waals surface area contributed by atoms with Crippen LogP contribution < -0.4 is 14.2 Å². The molecular weight excluding hydrogens is 506 g/mol. The molecule has 208 valence electrons. The summed E-state index contributed by atoms with van der Waals surface area (Å²) >= 11 is 0. The van der Waals surface area contributed by atoms with Crippen LogP contribution in [0, 0.1) is 5.92 Å². The number of methoxy groups -OCH3 is 1. The number of ketones is 1. The van der Waals surface area contributed by atoms with Gasteiger partial charge in [-0.15, -0.1) is 0 Å². The maximum absolute atomic E-state index is 13.5. The number of amides is 1. The summed E-state index contributed by atoms with van der Waals surface area (Å²) in [6.07, 6.45) is 1.64. The maximum atomic E-state index is 13.5. The van der Waals surface area contributed by atoms with Crippen LogP contribution in [0.2, 0.25) is 0 Å². The minimum atomic E-state index is -0.817. The molecule has 5 rings (SSSR count). The molecule has 0 aromatic heterocycles. The number of Topliss-reactive ketones (excluding diaryl/α,β-unsaturated/α-hetero) is 1. The molecule has 0 unspecified atom stereocenters. The summed E-state index contributed by atoms with van der Waals surface area (Å²) in [7, 11) is 1.56. The molecule has 40 heavy (non-hydrogen) atoms. The van der Waals surface area contributed by atoms with Crippen LogP contribution in [0.1, 0.15) is 55.5 Å². The second kappa shape index (κ2) is 11.5. The molecule has 1 saturated heterocycles. The molecule has 2 heterocycles. The van der Waals surface area contributed by atoms with E-state index in [-0.39, 0.29) is 24.0 Å². The van der Waals surface area contributed by atoms with Crippen molar-refractivity contribution in [1.82, 2.24) is 4.90 Å². The topological polar surface area (TPSA) is 85.3 Å². The molecule has 7 heteroatoms. The Hall–Kier alpha value is -4.26. The average Bonchev–Trinajstić information content (AvgIpc) is 3.44. The Balaban J connectivity index is 1.59. The highest BCUT2D eigenvalue weighted by atomic mass is 16.5. The normalized spacial score (nSPS) is 19.6. The Kier molecular flexibility index (Phi) is 7.83. The van der Waals surface area contributed by atoms with Crippen LogP contribution in [0.3, 0.4) is 0 Å². The Bertz CT molecular complexity index is 1440. The summed E-state index contributed by atoms with van der Waals surface area (Å²) in [5.41, 5.74) is 2.99. The number of rotatable bonds is 9. The van der Waals surface area contributed by atoms with Gasteiger partial charge in [-0.1, -0.05) is 50.2 Å². The van der Waals surface area contributed by atoms with Crippen molar-refractivity contribution in [3.63, 3.8) is 0 Å². The van der Waals surface area contributed by atoms with Gasteiger partial charge in [0, 0.05) is 18.5 Å². The summed E-state index contributed by atoms with van der Waals surface area (Å²) in [6, 6.07) is 19.4. The van der Waals surface area contributed by atoms with E-state index in [1.807, 2.05) is 49.4 Å². The van der Waals surface area contributed by atoms with Crippen molar-refractivity contribution in [3.05, 3.63) is 94.6 Å². The van der Waals surface area contributed by atoms with Gasteiger partial charge >= 0.3 is 0 Å². The van der Waals surface area contributed by atoms with E-state index in [2.05, 4.69) is 13.8 Å². The molecule has 1 N–H and O–H groups in total. The van der Waals surface area contributed by atoms with Crippen LogP contribution in [-0.2, 0) is 22.6 Å². The molecule has 2 aliphatic heterocycles. The highest BCUT2D eigenvalue weighted by Crippen LogP contribution is 2.43. The van der Waals surface area contributed by atoms with E-state index >= 15 is 0 Å². The number of aliphatic hydroxyl groups is 1. The third-order valence-electron chi connectivity index (χ3n) is 7.36. The van der Waals surface area contributed by atoms with Gasteiger partial charge in [-0.05, 0) is 66.3 Å². The minimum absolute atomic E-state index is 0.0394. The van der Waals surface area contributed by atoms with Crippen molar-refractivity contribution in [2.45, 2.75) is 52.3 Å². The van der Waals surface area contributed by atoms with Gasteiger partial charge in [0.25, 0.3) is 11.7 Å². The summed E-state index contributed by atoms with van der Waals surface area (Å²) in [6.45, 7) is 7.00. The Labute approximate surface area is 235 Å². The largest absolute Gasteiger partial charge is 0.507 e. The zero-order chi connectivity index (χ0) is 28.4. The maximum Gasteiger partial charge on any atom is 0.295 e. The molecule has 3 aromatic rings.